The number of fused-ring (bicyclic) bond motifs is 1. The van der Waals surface area contributed by atoms with E-state index in [9.17, 15) is 19.5 Å². The minimum absolute atomic E-state index is 0.0154. The molecular weight excluding hydrogens is 418 g/mol. The first kappa shape index (κ1) is 22.5. The normalized spacial score (nSPS) is 13.7. The molecule has 9 heteroatoms. The van der Waals surface area contributed by atoms with E-state index < -0.39 is 17.8 Å². The molecule has 1 aliphatic carbocycles. The Labute approximate surface area is 184 Å². The molecule has 2 aromatic rings. The predicted octanol–water partition coefficient (Wildman–Crippen LogP) is 3.38. The number of carbonyl (C=O) groups excluding carboxylic acids is 3. The van der Waals surface area contributed by atoms with Crippen LogP contribution < -0.4 is 10.7 Å². The number of hydrazone groups is 1. The van der Waals surface area contributed by atoms with Gasteiger partial charge in [0, 0.05) is 10.4 Å². The maximum Gasteiger partial charge on any atom is 0.341 e. The molecule has 1 heterocycles. The van der Waals surface area contributed by atoms with Crippen LogP contribution in [-0.2, 0) is 27.2 Å². The van der Waals surface area contributed by atoms with Gasteiger partial charge in [-0.25, -0.2) is 10.2 Å². The number of phenolic OH excluding ortho intramolecular Hbond substituents is 1. The zero-order valence-electron chi connectivity index (χ0n) is 17.5. The van der Waals surface area contributed by atoms with Crippen LogP contribution in [0.15, 0.2) is 29.4 Å². The molecule has 0 saturated carbocycles. The summed E-state index contributed by atoms with van der Waals surface area (Å²) < 4.78 is 5.19. The summed E-state index contributed by atoms with van der Waals surface area (Å²) in [5, 5.41) is 16.6. The third-order valence-corrected chi connectivity index (χ3v) is 6.16. The standard InChI is InChI=1S/C22H25N3O5S/c1-3-30-22(29)18-15-10-5-4-6-12-17(15)31-21(18)23-19(27)20(28)25-24-13(2)14-9-7-8-11-16(14)26/h7-9,11,26H,3-6,10,12H2,1-2H3,(H,23,27)(H,25,28). The number of amides is 2. The smallest absolute Gasteiger partial charge is 0.341 e. The van der Waals surface area contributed by atoms with Crippen molar-refractivity contribution in [1.29, 1.82) is 0 Å². The van der Waals surface area contributed by atoms with Crippen LogP contribution in [0.1, 0.15) is 59.5 Å². The van der Waals surface area contributed by atoms with Crippen molar-refractivity contribution in [3.05, 3.63) is 45.8 Å². The molecule has 8 nitrogen and oxygen atoms in total. The number of hydrogen-bond donors (Lipinski definition) is 3. The van der Waals surface area contributed by atoms with Gasteiger partial charge in [-0.05, 0) is 57.2 Å². The summed E-state index contributed by atoms with van der Waals surface area (Å²) >= 11 is 1.32. The summed E-state index contributed by atoms with van der Waals surface area (Å²) in [6.07, 6.45) is 4.64. The molecule has 0 bridgehead atoms. The van der Waals surface area contributed by atoms with Gasteiger partial charge in [0.1, 0.15) is 10.8 Å². The SMILES string of the molecule is CCOC(=O)c1c(NC(=O)C(=O)NN=C(C)c2ccccc2O)sc2c1CCCCC2. The Hall–Kier alpha value is -3.20. The maximum absolute atomic E-state index is 12.6. The number of aryl methyl sites for hydroxylation is 1. The van der Waals surface area contributed by atoms with Crippen LogP contribution in [0.5, 0.6) is 5.75 Å². The third-order valence-electron chi connectivity index (χ3n) is 4.95. The van der Waals surface area contributed by atoms with Gasteiger partial charge in [0.25, 0.3) is 0 Å². The summed E-state index contributed by atoms with van der Waals surface area (Å²) in [5.41, 5.74) is 4.22. The fourth-order valence-corrected chi connectivity index (χ4v) is 4.71. The summed E-state index contributed by atoms with van der Waals surface area (Å²) in [5.74, 6) is -2.39. The van der Waals surface area contributed by atoms with E-state index in [2.05, 4.69) is 15.8 Å². The summed E-state index contributed by atoms with van der Waals surface area (Å²) in [4.78, 5) is 38.3. The Morgan fingerprint density at radius 1 is 1.13 bits per heavy atom. The zero-order valence-corrected chi connectivity index (χ0v) is 18.3. The molecule has 0 atom stereocenters. The lowest BCUT2D eigenvalue weighted by Gasteiger charge is -2.08. The van der Waals surface area contributed by atoms with E-state index in [1.54, 1.807) is 32.0 Å². The summed E-state index contributed by atoms with van der Waals surface area (Å²) in [6.45, 7) is 3.54. The number of anilines is 1. The molecule has 1 aliphatic rings. The highest BCUT2D eigenvalue weighted by molar-refractivity contribution is 7.17. The number of ether oxygens (including phenoxy) is 1. The molecule has 0 fully saturated rings. The fourth-order valence-electron chi connectivity index (χ4n) is 3.44. The number of benzene rings is 1. The second kappa shape index (κ2) is 10.2. The zero-order chi connectivity index (χ0) is 22.4. The molecular formula is C22H25N3O5S. The van der Waals surface area contributed by atoms with Crippen LogP contribution in [0.2, 0.25) is 0 Å². The largest absolute Gasteiger partial charge is 0.507 e. The van der Waals surface area contributed by atoms with Crippen molar-refractivity contribution in [2.45, 2.75) is 46.0 Å². The first-order valence-corrected chi connectivity index (χ1v) is 11.0. The van der Waals surface area contributed by atoms with Gasteiger partial charge in [-0.3, -0.25) is 9.59 Å². The average Bonchev–Trinajstić information content (AvgIpc) is 2.92. The van der Waals surface area contributed by atoms with E-state index >= 15 is 0 Å². The topological polar surface area (TPSA) is 117 Å². The lowest BCUT2D eigenvalue weighted by atomic mass is 10.1. The van der Waals surface area contributed by atoms with Crippen molar-refractivity contribution in [2.24, 2.45) is 5.10 Å². The lowest BCUT2D eigenvalue weighted by Crippen LogP contribution is -2.33. The quantitative estimate of drug-likeness (QED) is 0.215. The van der Waals surface area contributed by atoms with Crippen LogP contribution in [0.25, 0.3) is 0 Å². The van der Waals surface area contributed by atoms with E-state index in [0.29, 0.717) is 21.8 Å². The predicted molar refractivity (Wildman–Crippen MR) is 119 cm³/mol. The third kappa shape index (κ3) is 5.29. The van der Waals surface area contributed by atoms with E-state index in [-0.39, 0.29) is 12.4 Å². The highest BCUT2D eigenvalue weighted by Gasteiger charge is 2.27. The molecule has 2 amide bonds. The molecule has 1 aromatic carbocycles. The van der Waals surface area contributed by atoms with Gasteiger partial charge in [0.05, 0.1) is 17.9 Å². The number of carbonyl (C=O) groups is 3. The second-order valence-corrected chi connectivity index (χ2v) is 8.20. The molecule has 164 valence electrons. The molecule has 0 saturated heterocycles. The molecule has 0 spiro atoms. The number of phenols is 1. The fraction of sp³-hybridized carbons (Fsp3) is 0.364. The minimum Gasteiger partial charge on any atom is -0.507 e. The van der Waals surface area contributed by atoms with Crippen molar-refractivity contribution in [3.63, 3.8) is 0 Å². The molecule has 0 aliphatic heterocycles. The van der Waals surface area contributed by atoms with Crippen LogP contribution >= 0.6 is 11.3 Å². The van der Waals surface area contributed by atoms with Crippen LogP contribution in [0.3, 0.4) is 0 Å². The molecule has 0 unspecified atom stereocenters. The Bertz CT molecular complexity index is 1030. The van der Waals surface area contributed by atoms with E-state index in [0.717, 1.165) is 42.5 Å². The molecule has 3 rings (SSSR count). The van der Waals surface area contributed by atoms with Crippen LogP contribution in [0, 0.1) is 0 Å². The van der Waals surface area contributed by atoms with Gasteiger partial charge >= 0.3 is 17.8 Å². The summed E-state index contributed by atoms with van der Waals surface area (Å²) in [6, 6.07) is 6.54. The van der Waals surface area contributed by atoms with Crippen molar-refractivity contribution in [1.82, 2.24) is 5.43 Å². The number of rotatable bonds is 5. The van der Waals surface area contributed by atoms with Crippen molar-refractivity contribution >= 4 is 39.8 Å². The number of hydrogen-bond acceptors (Lipinski definition) is 7. The van der Waals surface area contributed by atoms with Gasteiger partial charge in [-0.15, -0.1) is 11.3 Å². The molecule has 0 radical (unpaired) electrons. The lowest BCUT2D eigenvalue weighted by molar-refractivity contribution is -0.136. The van der Waals surface area contributed by atoms with Gasteiger partial charge in [0.2, 0.25) is 0 Å². The van der Waals surface area contributed by atoms with Gasteiger partial charge in [0.15, 0.2) is 0 Å². The van der Waals surface area contributed by atoms with E-state index in [1.165, 1.54) is 17.4 Å². The number of nitrogens with one attached hydrogen (secondary N) is 2. The Kier molecular flexibility index (Phi) is 7.41. The van der Waals surface area contributed by atoms with Crippen molar-refractivity contribution in [3.8, 4) is 5.75 Å². The molecule has 1 aromatic heterocycles. The maximum atomic E-state index is 12.6. The second-order valence-electron chi connectivity index (χ2n) is 7.10. The number of para-hydroxylation sites is 1. The van der Waals surface area contributed by atoms with Gasteiger partial charge in [-0.1, -0.05) is 18.6 Å². The van der Waals surface area contributed by atoms with E-state index in [4.69, 9.17) is 4.74 Å². The Balaban J connectivity index is 1.76. The number of thiophene rings is 1. The van der Waals surface area contributed by atoms with Gasteiger partial charge in [-0.2, -0.15) is 5.10 Å². The number of aromatic hydroxyl groups is 1. The first-order valence-electron chi connectivity index (χ1n) is 10.2. The van der Waals surface area contributed by atoms with Crippen molar-refractivity contribution in [2.75, 3.05) is 11.9 Å². The highest BCUT2D eigenvalue weighted by atomic mass is 32.1. The van der Waals surface area contributed by atoms with E-state index in [1.807, 2.05) is 0 Å². The van der Waals surface area contributed by atoms with Crippen molar-refractivity contribution < 1.29 is 24.2 Å². The monoisotopic (exact) mass is 443 g/mol. The Morgan fingerprint density at radius 3 is 2.61 bits per heavy atom. The summed E-state index contributed by atoms with van der Waals surface area (Å²) in [7, 11) is 0. The highest BCUT2D eigenvalue weighted by Crippen LogP contribution is 2.38. The van der Waals surface area contributed by atoms with Crippen LogP contribution in [0.4, 0.5) is 5.00 Å². The molecule has 31 heavy (non-hydrogen) atoms. The van der Waals surface area contributed by atoms with Crippen LogP contribution in [-0.4, -0.2) is 35.2 Å². The Morgan fingerprint density at radius 2 is 1.87 bits per heavy atom. The molecule has 3 N–H and O–H groups in total. The number of nitrogens with zero attached hydrogens (tertiary/aromatic N) is 1. The minimum atomic E-state index is -0.979. The average molecular weight is 444 g/mol. The number of esters is 1. The first-order chi connectivity index (χ1) is 14.9. The van der Waals surface area contributed by atoms with Gasteiger partial charge < -0.3 is 15.2 Å².